The van der Waals surface area contributed by atoms with Gasteiger partial charge in [0.15, 0.2) is 0 Å². The molecule has 0 radical (unpaired) electrons. The van der Waals surface area contributed by atoms with Crippen molar-refractivity contribution in [2.45, 2.75) is 70.6 Å². The molecule has 5 aromatic rings. The number of aromatic amines is 1. The van der Waals surface area contributed by atoms with Crippen LogP contribution in [-0.2, 0) is 27.3 Å². The van der Waals surface area contributed by atoms with Crippen molar-refractivity contribution in [2.75, 3.05) is 7.05 Å². The van der Waals surface area contributed by atoms with E-state index in [0.29, 0.717) is 19.4 Å². The molecule has 5 rings (SSSR count). The van der Waals surface area contributed by atoms with E-state index in [2.05, 4.69) is 63.5 Å². The Morgan fingerprint density at radius 1 is 0.938 bits per heavy atom. The number of aryl methyl sites for hydroxylation is 2. The second kappa shape index (κ2) is 16.6. The third-order valence-corrected chi connectivity index (χ3v) is 7.85. The third-order valence-electron chi connectivity index (χ3n) is 7.85. The molecular formula is C35H39F3N6O4. The van der Waals surface area contributed by atoms with Crippen molar-refractivity contribution in [2.24, 2.45) is 0 Å². The minimum Gasteiger partial charge on any atom is -0.475 e. The molecular weight excluding hydrogens is 625 g/mol. The summed E-state index contributed by atoms with van der Waals surface area (Å²) >= 11 is 0. The highest BCUT2D eigenvalue weighted by Crippen LogP contribution is 2.26. The lowest BCUT2D eigenvalue weighted by Crippen LogP contribution is -2.30. The number of carboxylic acid groups (broad SMARTS) is 1. The number of hydrogen-bond acceptors (Lipinski definition) is 5. The number of unbranched alkanes of at least 4 members (excludes halogenated alkanes) is 2. The van der Waals surface area contributed by atoms with E-state index in [0.717, 1.165) is 66.0 Å². The lowest BCUT2D eigenvalue weighted by molar-refractivity contribution is -0.192. The van der Waals surface area contributed by atoms with Gasteiger partial charge in [-0.25, -0.2) is 14.8 Å². The largest absolute Gasteiger partial charge is 0.490 e. The molecule has 10 nitrogen and oxygen atoms in total. The van der Waals surface area contributed by atoms with Crippen LogP contribution in [0.3, 0.4) is 0 Å². The van der Waals surface area contributed by atoms with Crippen molar-refractivity contribution in [1.29, 1.82) is 0 Å². The van der Waals surface area contributed by atoms with Crippen LogP contribution in [-0.4, -0.2) is 55.6 Å². The van der Waals surface area contributed by atoms with Gasteiger partial charge < -0.3 is 25.3 Å². The van der Waals surface area contributed by atoms with Gasteiger partial charge in [0.05, 0.1) is 29.0 Å². The molecule has 2 heterocycles. The maximum Gasteiger partial charge on any atom is 0.490 e. The average Bonchev–Trinajstić information content (AvgIpc) is 3.71. The predicted octanol–water partition coefficient (Wildman–Crippen LogP) is 6.72. The second-order valence-electron chi connectivity index (χ2n) is 11.2. The Morgan fingerprint density at radius 3 is 2.35 bits per heavy atom. The molecule has 0 saturated heterocycles. The van der Waals surface area contributed by atoms with E-state index in [1.807, 2.05) is 36.5 Å². The SMILES string of the molecule is CCc1nc2ccccc2n1CCC(=O)N[C@@H](CCCCCC(=O)NC)c1ncc(-c2ccc3ccccc3c2)[nH]1.O=C(O)C(F)(F)F. The highest BCUT2D eigenvalue weighted by Gasteiger charge is 2.38. The zero-order valence-electron chi connectivity index (χ0n) is 26.8. The van der Waals surface area contributed by atoms with Crippen LogP contribution in [0.1, 0.15) is 63.1 Å². The smallest absolute Gasteiger partial charge is 0.475 e. The Labute approximate surface area is 275 Å². The molecule has 254 valence electrons. The summed E-state index contributed by atoms with van der Waals surface area (Å²) < 4.78 is 33.9. The lowest BCUT2D eigenvalue weighted by atomic mass is 10.1. The highest BCUT2D eigenvalue weighted by molar-refractivity contribution is 5.86. The number of imidazole rings is 2. The Hall–Kier alpha value is -5.20. The minimum atomic E-state index is -5.08. The summed E-state index contributed by atoms with van der Waals surface area (Å²) in [5, 5.41) is 15.4. The fourth-order valence-electron chi connectivity index (χ4n) is 5.35. The summed E-state index contributed by atoms with van der Waals surface area (Å²) in [7, 11) is 1.66. The molecule has 2 aromatic heterocycles. The van der Waals surface area contributed by atoms with Crippen molar-refractivity contribution in [1.82, 2.24) is 30.2 Å². The number of alkyl halides is 3. The number of nitrogens with zero attached hydrogens (tertiary/aromatic N) is 3. The molecule has 1 atom stereocenters. The van der Waals surface area contributed by atoms with Crippen molar-refractivity contribution >= 4 is 39.6 Å². The van der Waals surface area contributed by atoms with Crippen molar-refractivity contribution < 1.29 is 32.7 Å². The zero-order valence-corrected chi connectivity index (χ0v) is 26.8. The number of para-hydroxylation sites is 2. The van der Waals surface area contributed by atoms with Crippen molar-refractivity contribution in [3.05, 3.63) is 84.6 Å². The molecule has 0 aliphatic rings. The maximum absolute atomic E-state index is 13.3. The third kappa shape index (κ3) is 9.66. The normalized spacial score (nSPS) is 11.9. The molecule has 0 spiro atoms. The van der Waals surface area contributed by atoms with Gasteiger partial charge in [-0.05, 0) is 41.8 Å². The Balaban J connectivity index is 0.000000671. The Bertz CT molecular complexity index is 1850. The van der Waals surface area contributed by atoms with Gasteiger partial charge in [-0.3, -0.25) is 9.59 Å². The summed E-state index contributed by atoms with van der Waals surface area (Å²) in [6.07, 6.45) is 1.75. The number of fused-ring (bicyclic) bond motifs is 2. The van der Waals surface area contributed by atoms with E-state index in [1.165, 1.54) is 10.8 Å². The monoisotopic (exact) mass is 664 g/mol. The number of hydrogen-bond donors (Lipinski definition) is 4. The number of nitrogens with one attached hydrogen (secondary N) is 3. The van der Waals surface area contributed by atoms with Crippen LogP contribution in [0.15, 0.2) is 72.9 Å². The number of halogens is 3. The van der Waals surface area contributed by atoms with Gasteiger partial charge in [0.1, 0.15) is 11.6 Å². The van der Waals surface area contributed by atoms with Crippen LogP contribution in [0.5, 0.6) is 0 Å². The molecule has 48 heavy (non-hydrogen) atoms. The van der Waals surface area contributed by atoms with Gasteiger partial charge in [0, 0.05) is 38.4 Å². The van der Waals surface area contributed by atoms with Gasteiger partial charge in [-0.2, -0.15) is 13.2 Å². The predicted molar refractivity (Wildman–Crippen MR) is 177 cm³/mol. The van der Waals surface area contributed by atoms with Crippen molar-refractivity contribution in [3.8, 4) is 11.3 Å². The summed E-state index contributed by atoms with van der Waals surface area (Å²) in [5.41, 5.74) is 3.98. The summed E-state index contributed by atoms with van der Waals surface area (Å²) in [6, 6.07) is 22.4. The summed E-state index contributed by atoms with van der Waals surface area (Å²) in [6.45, 7) is 2.65. The molecule has 4 N–H and O–H groups in total. The average molecular weight is 665 g/mol. The van der Waals surface area contributed by atoms with Crippen LogP contribution < -0.4 is 10.6 Å². The standard InChI is InChI=1S/C33H38N6O2.C2HF3O2/c1-3-30-36-26-13-9-10-15-29(26)39(30)20-19-32(41)37-27(14-5-4-6-16-31(40)34-2)33-35-22-28(38-33)25-18-17-23-11-7-8-12-24(23)21-25;3-2(4,5)1(6)7/h7-13,15,17-18,21-22,27H,3-6,14,16,19-20H2,1-2H3,(H,34,40)(H,35,38)(H,37,41);(H,6,7)/t27-;/m0./s1. The number of rotatable bonds is 13. The topological polar surface area (TPSA) is 142 Å². The van der Waals surface area contributed by atoms with E-state index in [9.17, 15) is 22.8 Å². The number of benzene rings is 3. The van der Waals surface area contributed by atoms with E-state index < -0.39 is 12.1 Å². The van der Waals surface area contributed by atoms with E-state index >= 15 is 0 Å². The highest BCUT2D eigenvalue weighted by atomic mass is 19.4. The fraction of sp³-hybridized carbons (Fsp3) is 0.343. The molecule has 0 unspecified atom stereocenters. The number of H-pyrrole nitrogens is 1. The van der Waals surface area contributed by atoms with Crippen LogP contribution in [0, 0.1) is 0 Å². The molecule has 0 aliphatic heterocycles. The lowest BCUT2D eigenvalue weighted by Gasteiger charge is -2.17. The number of aromatic nitrogens is 4. The zero-order chi connectivity index (χ0) is 34.7. The van der Waals surface area contributed by atoms with Gasteiger partial charge in [0.2, 0.25) is 11.8 Å². The Kier molecular flexibility index (Phi) is 12.3. The molecule has 0 fully saturated rings. The first-order chi connectivity index (χ1) is 23.0. The first-order valence-electron chi connectivity index (χ1n) is 15.8. The summed E-state index contributed by atoms with van der Waals surface area (Å²) in [5.74, 6) is -0.997. The van der Waals surface area contributed by atoms with Gasteiger partial charge in [0.25, 0.3) is 0 Å². The van der Waals surface area contributed by atoms with Gasteiger partial charge in [-0.15, -0.1) is 0 Å². The maximum atomic E-state index is 13.3. The first-order valence-corrected chi connectivity index (χ1v) is 15.8. The number of aliphatic carboxylic acids is 1. The van der Waals surface area contributed by atoms with E-state index in [1.54, 1.807) is 7.05 Å². The molecule has 0 aliphatic carbocycles. The second-order valence-corrected chi connectivity index (χ2v) is 11.2. The van der Waals surface area contributed by atoms with E-state index in [4.69, 9.17) is 19.9 Å². The quantitative estimate of drug-likeness (QED) is 0.103. The molecule has 13 heteroatoms. The van der Waals surface area contributed by atoms with Crippen LogP contribution in [0.25, 0.3) is 33.1 Å². The number of amides is 2. The fourth-order valence-corrected chi connectivity index (χ4v) is 5.35. The van der Waals surface area contributed by atoms with Gasteiger partial charge in [-0.1, -0.05) is 68.3 Å². The molecule has 3 aromatic carbocycles. The van der Waals surface area contributed by atoms with Gasteiger partial charge >= 0.3 is 12.1 Å². The minimum absolute atomic E-state index is 0.0242. The van der Waals surface area contributed by atoms with Crippen molar-refractivity contribution in [3.63, 3.8) is 0 Å². The van der Waals surface area contributed by atoms with Crippen LogP contribution in [0.4, 0.5) is 13.2 Å². The van der Waals surface area contributed by atoms with E-state index in [-0.39, 0.29) is 17.9 Å². The Morgan fingerprint density at radius 2 is 1.65 bits per heavy atom. The molecule has 2 amide bonds. The number of carbonyl (C=O) groups excluding carboxylic acids is 2. The van der Waals surface area contributed by atoms with Crippen LogP contribution in [0.2, 0.25) is 0 Å². The van der Waals surface area contributed by atoms with Crippen LogP contribution >= 0.6 is 0 Å². The number of carbonyl (C=O) groups is 3. The molecule has 0 saturated carbocycles. The first kappa shape index (κ1) is 35.7. The number of carboxylic acids is 1. The molecule has 0 bridgehead atoms. The summed E-state index contributed by atoms with van der Waals surface area (Å²) in [4.78, 5) is 46.7.